The molecule has 0 atom stereocenters. The van der Waals surface area contributed by atoms with Crippen LogP contribution in [-0.4, -0.2) is 0 Å². The van der Waals surface area contributed by atoms with Gasteiger partial charge in [0.2, 0.25) is 0 Å². The lowest BCUT2D eigenvalue weighted by Crippen LogP contribution is -2.17. The van der Waals surface area contributed by atoms with Crippen LogP contribution in [0.4, 0.5) is 17.1 Å². The van der Waals surface area contributed by atoms with E-state index in [0.717, 1.165) is 72.1 Å². The highest BCUT2D eigenvalue weighted by Gasteiger charge is 2.36. The highest BCUT2D eigenvalue weighted by molar-refractivity contribution is 6.29. The summed E-state index contributed by atoms with van der Waals surface area (Å²) in [6, 6.07) is 68.2. The average molecular weight is 768 g/mol. The van der Waals surface area contributed by atoms with Gasteiger partial charge in [-0.25, -0.2) is 0 Å². The molecule has 0 amide bonds. The van der Waals surface area contributed by atoms with Crippen LogP contribution >= 0.6 is 0 Å². The maximum Gasteiger partial charge on any atom is 0.160 e. The SMILES string of the molecule is CC1(C)c2ccccc2-c2ccc(N(c3ccccc3)c3c(-c4ccc5c6ccccc6c6ccccc6c5c4)ccc4c3oc3ccc5oc6ccccc6c5c34)cc21. The molecule has 60 heavy (non-hydrogen) atoms. The molecule has 0 unspecified atom stereocenters. The van der Waals surface area contributed by atoms with Crippen LogP contribution < -0.4 is 4.90 Å². The fraction of sp³-hybridized carbons (Fsp3) is 0.0526. The number of fused-ring (bicyclic) bond motifs is 16. The number of hydrogen-bond acceptors (Lipinski definition) is 3. The summed E-state index contributed by atoms with van der Waals surface area (Å²) >= 11 is 0. The number of furan rings is 2. The van der Waals surface area contributed by atoms with Crippen LogP contribution in [0.15, 0.2) is 197 Å². The van der Waals surface area contributed by atoms with E-state index in [2.05, 4.69) is 195 Å². The van der Waals surface area contributed by atoms with Gasteiger partial charge in [0.05, 0.1) is 5.69 Å². The second-order valence-corrected chi connectivity index (χ2v) is 16.8. The van der Waals surface area contributed by atoms with Gasteiger partial charge in [-0.1, -0.05) is 147 Å². The van der Waals surface area contributed by atoms with E-state index in [-0.39, 0.29) is 5.41 Å². The van der Waals surface area contributed by atoms with Crippen molar-refractivity contribution in [3.05, 3.63) is 199 Å². The predicted molar refractivity (Wildman–Crippen MR) is 251 cm³/mol. The van der Waals surface area contributed by atoms with Crippen molar-refractivity contribution in [2.75, 3.05) is 4.90 Å². The summed E-state index contributed by atoms with van der Waals surface area (Å²) in [6.07, 6.45) is 0. The van der Waals surface area contributed by atoms with Crippen molar-refractivity contribution >= 4 is 93.3 Å². The van der Waals surface area contributed by atoms with Gasteiger partial charge in [-0.3, -0.25) is 0 Å². The number of benzene rings is 10. The zero-order chi connectivity index (χ0) is 39.7. The second-order valence-electron chi connectivity index (χ2n) is 16.8. The highest BCUT2D eigenvalue weighted by Crippen LogP contribution is 2.54. The van der Waals surface area contributed by atoms with Crippen LogP contribution in [0.25, 0.3) is 98.4 Å². The van der Waals surface area contributed by atoms with Gasteiger partial charge in [-0.15, -0.1) is 0 Å². The van der Waals surface area contributed by atoms with Gasteiger partial charge in [0.1, 0.15) is 16.7 Å². The molecule has 3 heteroatoms. The molecule has 1 aliphatic carbocycles. The molecule has 2 aromatic heterocycles. The van der Waals surface area contributed by atoms with Gasteiger partial charge >= 0.3 is 0 Å². The first kappa shape index (κ1) is 33.4. The number of para-hydroxylation sites is 2. The lowest BCUT2D eigenvalue weighted by atomic mass is 9.82. The van der Waals surface area contributed by atoms with E-state index in [9.17, 15) is 0 Å². The van der Waals surface area contributed by atoms with Crippen LogP contribution in [0.3, 0.4) is 0 Å². The second kappa shape index (κ2) is 12.2. The average Bonchev–Trinajstić information content (AvgIpc) is 3.94. The molecule has 0 saturated carbocycles. The molecule has 0 spiro atoms. The minimum atomic E-state index is -0.172. The topological polar surface area (TPSA) is 29.5 Å². The molecule has 0 saturated heterocycles. The van der Waals surface area contributed by atoms with Crippen molar-refractivity contribution in [3.63, 3.8) is 0 Å². The maximum atomic E-state index is 7.21. The third-order valence-electron chi connectivity index (χ3n) is 13.2. The lowest BCUT2D eigenvalue weighted by molar-refractivity contribution is 0.660. The molecule has 3 nitrogen and oxygen atoms in total. The molecule has 1 aliphatic rings. The molecule has 0 aliphatic heterocycles. The Labute approximate surface area is 346 Å². The first-order valence-corrected chi connectivity index (χ1v) is 20.8. The molecule has 0 radical (unpaired) electrons. The Bertz CT molecular complexity index is 3720. The fourth-order valence-electron chi connectivity index (χ4n) is 10.5. The van der Waals surface area contributed by atoms with Crippen LogP contribution in [0.2, 0.25) is 0 Å². The molecule has 10 aromatic carbocycles. The first-order valence-electron chi connectivity index (χ1n) is 20.8. The van der Waals surface area contributed by atoms with Crippen LogP contribution in [0, 0.1) is 0 Å². The minimum absolute atomic E-state index is 0.172. The maximum absolute atomic E-state index is 7.21. The van der Waals surface area contributed by atoms with Crippen molar-refractivity contribution in [2.24, 2.45) is 0 Å². The van der Waals surface area contributed by atoms with E-state index in [1.54, 1.807) is 0 Å². The predicted octanol–water partition coefficient (Wildman–Crippen LogP) is 16.4. The van der Waals surface area contributed by atoms with E-state index < -0.39 is 0 Å². The quantitative estimate of drug-likeness (QED) is 0.167. The zero-order valence-electron chi connectivity index (χ0n) is 33.2. The van der Waals surface area contributed by atoms with Gasteiger partial charge in [-0.2, -0.15) is 0 Å². The first-order chi connectivity index (χ1) is 29.5. The Hall–Kier alpha value is -7.62. The number of nitrogens with zero attached hydrogens (tertiary/aromatic N) is 1. The van der Waals surface area contributed by atoms with Gasteiger partial charge < -0.3 is 13.7 Å². The van der Waals surface area contributed by atoms with Gasteiger partial charge in [0, 0.05) is 43.9 Å². The number of rotatable bonds is 4. The van der Waals surface area contributed by atoms with Gasteiger partial charge in [0.15, 0.2) is 5.58 Å². The normalized spacial score (nSPS) is 13.3. The molecular weight excluding hydrogens is 731 g/mol. The molecule has 0 bridgehead atoms. The number of hydrogen-bond donors (Lipinski definition) is 0. The Morgan fingerprint density at radius 2 is 0.933 bits per heavy atom. The summed E-state index contributed by atoms with van der Waals surface area (Å²) in [6.45, 7) is 4.70. The number of anilines is 3. The van der Waals surface area contributed by atoms with Crippen molar-refractivity contribution in [3.8, 4) is 22.3 Å². The third-order valence-corrected chi connectivity index (χ3v) is 13.2. The van der Waals surface area contributed by atoms with Crippen LogP contribution in [0.1, 0.15) is 25.0 Å². The molecule has 0 fully saturated rings. The summed E-state index contributed by atoms with van der Waals surface area (Å²) in [4.78, 5) is 2.42. The fourth-order valence-corrected chi connectivity index (χ4v) is 10.5. The summed E-state index contributed by atoms with van der Waals surface area (Å²) in [5.41, 5.74) is 13.8. The van der Waals surface area contributed by atoms with Crippen LogP contribution in [0.5, 0.6) is 0 Å². The third kappa shape index (κ3) is 4.55. The van der Waals surface area contributed by atoms with Crippen molar-refractivity contribution in [1.29, 1.82) is 0 Å². The minimum Gasteiger partial charge on any atom is -0.456 e. The summed E-state index contributed by atoms with van der Waals surface area (Å²) < 4.78 is 13.6. The van der Waals surface area contributed by atoms with Gasteiger partial charge in [-0.05, 0) is 115 Å². The summed E-state index contributed by atoms with van der Waals surface area (Å²) in [7, 11) is 0. The monoisotopic (exact) mass is 767 g/mol. The van der Waals surface area contributed by atoms with E-state index >= 15 is 0 Å². The Morgan fingerprint density at radius 3 is 1.70 bits per heavy atom. The summed E-state index contributed by atoms with van der Waals surface area (Å²) in [5.74, 6) is 0. The molecule has 13 rings (SSSR count). The van der Waals surface area contributed by atoms with Gasteiger partial charge in [0.25, 0.3) is 0 Å². The van der Waals surface area contributed by atoms with Crippen molar-refractivity contribution in [2.45, 2.75) is 19.3 Å². The lowest BCUT2D eigenvalue weighted by Gasteiger charge is -2.30. The zero-order valence-corrected chi connectivity index (χ0v) is 33.2. The Morgan fingerprint density at radius 1 is 0.367 bits per heavy atom. The summed E-state index contributed by atoms with van der Waals surface area (Å²) in [5, 5.41) is 11.8. The largest absolute Gasteiger partial charge is 0.456 e. The van der Waals surface area contributed by atoms with E-state index in [1.165, 1.54) is 54.6 Å². The smallest absolute Gasteiger partial charge is 0.160 e. The van der Waals surface area contributed by atoms with E-state index in [0.29, 0.717) is 0 Å². The highest BCUT2D eigenvalue weighted by atomic mass is 16.3. The van der Waals surface area contributed by atoms with Crippen molar-refractivity contribution < 1.29 is 8.83 Å². The Kier molecular flexibility index (Phi) is 6.78. The molecular formula is C57H37NO2. The van der Waals surface area contributed by atoms with E-state index in [1.807, 2.05) is 12.1 Å². The standard InChI is InChI=1S/C57H37NO2/c1-57(2)48-22-12-10-20-43(48)44-27-25-36(33-49(44)57)58(35-14-4-3-5-15-35)55-37(34-24-26-42-40-18-7-6-16-38(40)39-17-8-9-19-41(39)47(42)32-34)28-29-46-54-52(60-56(46)55)31-30-51-53(54)45-21-11-13-23-50(45)59-51/h3-33H,1-2H3. The molecule has 0 N–H and O–H groups in total. The Balaban J connectivity index is 1.15. The van der Waals surface area contributed by atoms with E-state index in [4.69, 9.17) is 8.83 Å². The molecule has 2 heterocycles. The van der Waals surface area contributed by atoms with Crippen LogP contribution in [-0.2, 0) is 5.41 Å². The van der Waals surface area contributed by atoms with Crippen molar-refractivity contribution in [1.82, 2.24) is 0 Å². The molecule has 282 valence electrons. The molecule has 12 aromatic rings.